The predicted molar refractivity (Wildman–Crippen MR) is 165 cm³/mol. The van der Waals surface area contributed by atoms with E-state index in [1.165, 1.54) is 56.9 Å². The molecule has 1 aromatic heterocycles. The van der Waals surface area contributed by atoms with Gasteiger partial charge in [-0.15, -0.1) is 0 Å². The highest BCUT2D eigenvalue weighted by atomic mass is 16.5. The molecule has 2 aromatic rings. The van der Waals surface area contributed by atoms with Gasteiger partial charge in [0.05, 0.1) is 0 Å². The van der Waals surface area contributed by atoms with Crippen LogP contribution in [0.5, 0.6) is 0 Å². The molecular weight excluding hydrogens is 508 g/mol. The number of hydrogen-bond acceptors (Lipinski definition) is 4. The molecule has 0 amide bonds. The summed E-state index contributed by atoms with van der Waals surface area (Å²) in [6.07, 6.45) is 15.9. The molecular formula is C37H50O4. The van der Waals surface area contributed by atoms with Gasteiger partial charge in [0.1, 0.15) is 17.3 Å². The number of carbonyl (C=O) groups is 1. The molecule has 4 aliphatic carbocycles. The maximum absolute atomic E-state index is 13.1. The van der Waals surface area contributed by atoms with Gasteiger partial charge < -0.3 is 9.15 Å². The molecule has 8 atom stereocenters. The molecule has 4 unspecified atom stereocenters. The van der Waals surface area contributed by atoms with Crippen molar-refractivity contribution < 1.29 is 13.9 Å². The Morgan fingerprint density at radius 2 is 1.83 bits per heavy atom. The summed E-state index contributed by atoms with van der Waals surface area (Å²) in [5, 5.41) is 0.736. The Morgan fingerprint density at radius 1 is 1.02 bits per heavy atom. The van der Waals surface area contributed by atoms with Gasteiger partial charge in [-0.05, 0) is 103 Å². The average molecular weight is 559 g/mol. The van der Waals surface area contributed by atoms with E-state index in [0.717, 1.165) is 60.2 Å². The topological polar surface area (TPSA) is 56.5 Å². The average Bonchev–Trinajstić information content (AvgIpc) is 3.30. The second-order valence-corrected chi connectivity index (χ2v) is 15.0. The number of hydrogen-bond donors (Lipinski definition) is 0. The van der Waals surface area contributed by atoms with Crippen LogP contribution in [0.25, 0.3) is 11.0 Å². The summed E-state index contributed by atoms with van der Waals surface area (Å²) >= 11 is 0. The number of benzene rings is 1. The lowest BCUT2D eigenvalue weighted by Gasteiger charge is -2.58. The van der Waals surface area contributed by atoms with Gasteiger partial charge in [0.15, 0.2) is 0 Å². The third-order valence-electron chi connectivity index (χ3n) is 12.4. The van der Waals surface area contributed by atoms with E-state index < -0.39 is 11.6 Å². The lowest BCUT2D eigenvalue weighted by atomic mass is 9.47. The molecule has 0 spiro atoms. The molecule has 0 aliphatic heterocycles. The lowest BCUT2D eigenvalue weighted by molar-refractivity contribution is -0.0595. The standard InChI is InChI=1S/C37H50O4/c1-23(2)9-8-10-24(3)30-15-16-31-28-14-13-26-22-27(17-19-36(26,4)32(28)18-20-37(30,31)5)40-34(38)29-21-25-11-6-7-12-33(25)41-35(29)39/h6-7,11-13,21,23-24,27-28,30-32H,8-10,14-20,22H2,1-5H3/t24-,27?,28?,30-,31?,32?,36+,37-/m1/s1. The molecule has 1 heterocycles. The normalized spacial score (nSPS) is 35.4. The number of fused-ring (bicyclic) bond motifs is 6. The second kappa shape index (κ2) is 11.0. The van der Waals surface area contributed by atoms with Crippen molar-refractivity contribution in [1.82, 2.24) is 0 Å². The van der Waals surface area contributed by atoms with Crippen molar-refractivity contribution in [3.05, 3.63) is 58.0 Å². The largest absolute Gasteiger partial charge is 0.458 e. The number of carbonyl (C=O) groups excluding carboxylic acids is 1. The SMILES string of the molecule is CC(C)CCC[C@@H](C)[C@H]1CCC2C3CC=C4CC(OC(=O)c5cc6ccccc6oc5=O)CC[C@]4(C)C3CC[C@@]21C. The molecule has 6 rings (SSSR count). The Balaban J connectivity index is 1.13. The van der Waals surface area contributed by atoms with Crippen molar-refractivity contribution in [2.24, 2.45) is 46.3 Å². The van der Waals surface area contributed by atoms with E-state index in [1.807, 2.05) is 18.2 Å². The fraction of sp³-hybridized carbons (Fsp3) is 0.676. The maximum Gasteiger partial charge on any atom is 0.351 e. The van der Waals surface area contributed by atoms with Crippen LogP contribution in [0.2, 0.25) is 0 Å². The first-order valence-electron chi connectivity index (χ1n) is 16.5. The molecule has 4 heteroatoms. The number of esters is 1. The van der Waals surface area contributed by atoms with Crippen molar-refractivity contribution >= 4 is 16.9 Å². The molecule has 0 radical (unpaired) electrons. The first-order chi connectivity index (χ1) is 19.6. The quantitative estimate of drug-likeness (QED) is 0.193. The van der Waals surface area contributed by atoms with Crippen LogP contribution in [-0.2, 0) is 4.74 Å². The minimum atomic E-state index is -0.622. The van der Waals surface area contributed by atoms with E-state index >= 15 is 0 Å². The molecule has 1 aromatic carbocycles. The maximum atomic E-state index is 13.1. The molecule has 222 valence electrons. The molecule has 41 heavy (non-hydrogen) atoms. The molecule has 3 fully saturated rings. The van der Waals surface area contributed by atoms with Gasteiger partial charge >= 0.3 is 11.6 Å². The fourth-order valence-corrected chi connectivity index (χ4v) is 10.2. The lowest BCUT2D eigenvalue weighted by Crippen LogP contribution is -2.51. The third-order valence-corrected chi connectivity index (χ3v) is 12.4. The highest BCUT2D eigenvalue weighted by molar-refractivity contribution is 5.92. The van der Waals surface area contributed by atoms with E-state index in [4.69, 9.17) is 9.15 Å². The van der Waals surface area contributed by atoms with Crippen LogP contribution >= 0.6 is 0 Å². The van der Waals surface area contributed by atoms with Crippen LogP contribution < -0.4 is 5.63 Å². The summed E-state index contributed by atoms with van der Waals surface area (Å²) in [4.78, 5) is 25.6. The van der Waals surface area contributed by atoms with E-state index in [1.54, 1.807) is 12.1 Å². The predicted octanol–water partition coefficient (Wildman–Crippen LogP) is 9.36. The monoisotopic (exact) mass is 558 g/mol. The van der Waals surface area contributed by atoms with Crippen molar-refractivity contribution in [3.63, 3.8) is 0 Å². The van der Waals surface area contributed by atoms with Crippen LogP contribution in [0.15, 0.2) is 51.2 Å². The Hall–Kier alpha value is -2.36. The Morgan fingerprint density at radius 3 is 2.63 bits per heavy atom. The summed E-state index contributed by atoms with van der Waals surface area (Å²) in [6.45, 7) is 12.4. The molecule has 4 nitrogen and oxygen atoms in total. The van der Waals surface area contributed by atoms with Gasteiger partial charge in [0.25, 0.3) is 0 Å². The van der Waals surface area contributed by atoms with Crippen LogP contribution in [0.3, 0.4) is 0 Å². The zero-order valence-corrected chi connectivity index (χ0v) is 25.9. The van der Waals surface area contributed by atoms with E-state index in [2.05, 4.69) is 40.7 Å². The Labute approximate surface area is 246 Å². The zero-order valence-electron chi connectivity index (χ0n) is 25.9. The van der Waals surface area contributed by atoms with Crippen LogP contribution in [0.1, 0.15) is 116 Å². The molecule has 0 bridgehead atoms. The van der Waals surface area contributed by atoms with Crippen LogP contribution in [-0.4, -0.2) is 12.1 Å². The highest BCUT2D eigenvalue weighted by Crippen LogP contribution is 2.67. The van der Waals surface area contributed by atoms with Gasteiger partial charge in [-0.25, -0.2) is 9.59 Å². The Bertz CT molecular complexity index is 1370. The number of ether oxygens (including phenoxy) is 1. The Kier molecular flexibility index (Phi) is 7.74. The minimum absolute atomic E-state index is 0.00416. The van der Waals surface area contributed by atoms with Gasteiger partial charge in [0.2, 0.25) is 0 Å². The van der Waals surface area contributed by atoms with Crippen molar-refractivity contribution in [2.45, 2.75) is 111 Å². The van der Waals surface area contributed by atoms with E-state index in [-0.39, 0.29) is 17.1 Å². The van der Waals surface area contributed by atoms with Gasteiger partial charge in [0, 0.05) is 11.8 Å². The van der Waals surface area contributed by atoms with Crippen molar-refractivity contribution in [2.75, 3.05) is 0 Å². The number of rotatable bonds is 7. The summed E-state index contributed by atoms with van der Waals surface area (Å²) in [5.74, 6) is 4.33. The highest BCUT2D eigenvalue weighted by Gasteiger charge is 2.59. The molecule has 0 saturated heterocycles. The first kappa shape index (κ1) is 28.7. The van der Waals surface area contributed by atoms with Crippen LogP contribution in [0, 0.1) is 46.3 Å². The number of allylic oxidation sites excluding steroid dienone is 1. The van der Waals surface area contributed by atoms with Gasteiger partial charge in [-0.2, -0.15) is 0 Å². The summed E-state index contributed by atoms with van der Waals surface area (Å²) in [6, 6.07) is 8.89. The fourth-order valence-electron chi connectivity index (χ4n) is 10.2. The smallest absolute Gasteiger partial charge is 0.351 e. The first-order valence-corrected chi connectivity index (χ1v) is 16.5. The van der Waals surface area contributed by atoms with Gasteiger partial charge in [-0.1, -0.05) is 83.7 Å². The molecule has 4 aliphatic rings. The van der Waals surface area contributed by atoms with Crippen LogP contribution in [0.4, 0.5) is 0 Å². The van der Waals surface area contributed by atoms with Gasteiger partial charge in [-0.3, -0.25) is 0 Å². The molecule has 3 saturated carbocycles. The zero-order chi connectivity index (χ0) is 28.9. The molecule has 0 N–H and O–H groups in total. The second-order valence-electron chi connectivity index (χ2n) is 15.0. The van der Waals surface area contributed by atoms with E-state index in [9.17, 15) is 9.59 Å². The summed E-state index contributed by atoms with van der Waals surface area (Å²) < 4.78 is 11.4. The van der Waals surface area contributed by atoms with Crippen molar-refractivity contribution in [1.29, 1.82) is 0 Å². The van der Waals surface area contributed by atoms with E-state index in [0.29, 0.717) is 11.0 Å². The van der Waals surface area contributed by atoms with Crippen molar-refractivity contribution in [3.8, 4) is 0 Å². The number of para-hydroxylation sites is 1. The minimum Gasteiger partial charge on any atom is -0.458 e. The summed E-state index contributed by atoms with van der Waals surface area (Å²) in [7, 11) is 0. The summed E-state index contributed by atoms with van der Waals surface area (Å²) in [5.41, 5.74) is 2.05. The third kappa shape index (κ3) is 5.12.